The van der Waals surface area contributed by atoms with Gasteiger partial charge in [0.05, 0.1) is 26.4 Å². The highest BCUT2D eigenvalue weighted by Crippen LogP contribution is 2.31. The number of carboxylic acids is 2. The topological polar surface area (TPSA) is 118 Å². The standard InChI is InChI=1S/2C27H31NO2.C4H4O4/c2*1-29-25-15-8-10-22(20-25)17-19-28-18-9-16-26(21-28)30-27(23-11-4-2-5-12-23)24-13-6-3-7-14-24;5-3(6)1-2-4(7)8/h2*2-8,10-15,20,26-27H,9,16-19,21H2,1H3;1-2H,(H,5,6)(H,7,8)/b;;2-1+. The zero-order chi connectivity index (χ0) is 47.8. The first-order chi connectivity index (χ1) is 33.3. The number of carbonyl (C=O) groups is 2. The van der Waals surface area contributed by atoms with E-state index in [1.807, 2.05) is 12.1 Å². The third-order valence-electron chi connectivity index (χ3n) is 12.1. The molecule has 2 heterocycles. The average molecular weight is 919 g/mol. The van der Waals surface area contributed by atoms with Crippen LogP contribution in [0.3, 0.4) is 0 Å². The van der Waals surface area contributed by atoms with Crippen molar-refractivity contribution >= 4 is 11.9 Å². The SMILES string of the molecule is COc1cccc(CCN2CCCC(OC(c3ccccc3)c3ccccc3)C2)c1.COc1cccc(CCN2CCCC(OC(c3ccccc3)c3ccccc3)C2)c1.O=C(O)/C=C/C(=O)O. The first-order valence-corrected chi connectivity index (χ1v) is 23.6. The molecule has 0 amide bonds. The van der Waals surface area contributed by atoms with Gasteiger partial charge in [0, 0.05) is 38.3 Å². The Bertz CT molecular complexity index is 2150. The lowest BCUT2D eigenvalue weighted by Crippen LogP contribution is -2.41. The van der Waals surface area contributed by atoms with E-state index >= 15 is 0 Å². The van der Waals surface area contributed by atoms with Crippen molar-refractivity contribution in [1.82, 2.24) is 9.80 Å². The summed E-state index contributed by atoms with van der Waals surface area (Å²) in [6, 6.07) is 59.1. The minimum absolute atomic E-state index is 0.0178. The fourth-order valence-electron chi connectivity index (χ4n) is 8.62. The first kappa shape index (κ1) is 50.8. The van der Waals surface area contributed by atoms with E-state index in [0.717, 1.165) is 76.5 Å². The van der Waals surface area contributed by atoms with Crippen LogP contribution >= 0.6 is 0 Å². The van der Waals surface area contributed by atoms with Crippen molar-refractivity contribution in [1.29, 1.82) is 0 Å². The Kier molecular flexibility index (Phi) is 20.9. The van der Waals surface area contributed by atoms with Crippen molar-refractivity contribution in [2.75, 3.05) is 53.5 Å². The number of aliphatic carboxylic acids is 2. The van der Waals surface area contributed by atoms with E-state index in [1.54, 1.807) is 14.2 Å². The fourth-order valence-corrected chi connectivity index (χ4v) is 8.62. The summed E-state index contributed by atoms with van der Waals surface area (Å²) < 4.78 is 24.2. The van der Waals surface area contributed by atoms with Crippen molar-refractivity contribution in [3.63, 3.8) is 0 Å². The number of likely N-dealkylation sites (tertiary alicyclic amines) is 2. The van der Waals surface area contributed by atoms with Gasteiger partial charge in [-0.15, -0.1) is 0 Å². The lowest BCUT2D eigenvalue weighted by molar-refractivity contribution is -0.134. The van der Waals surface area contributed by atoms with Gasteiger partial charge in [-0.05, 0) is 109 Å². The average Bonchev–Trinajstić information content (AvgIpc) is 3.39. The molecule has 6 aromatic rings. The maximum atomic E-state index is 9.55. The molecule has 2 aliphatic rings. The van der Waals surface area contributed by atoms with Crippen LogP contribution in [0, 0.1) is 0 Å². The van der Waals surface area contributed by atoms with Crippen LogP contribution in [0.15, 0.2) is 182 Å². The van der Waals surface area contributed by atoms with Crippen molar-refractivity contribution in [2.45, 2.75) is 62.9 Å². The lowest BCUT2D eigenvalue weighted by Gasteiger charge is -2.35. The van der Waals surface area contributed by atoms with Gasteiger partial charge in [-0.25, -0.2) is 9.59 Å². The molecule has 2 atom stereocenters. The van der Waals surface area contributed by atoms with Crippen LogP contribution in [0.5, 0.6) is 11.5 Å². The van der Waals surface area contributed by atoms with E-state index in [0.29, 0.717) is 12.2 Å². The van der Waals surface area contributed by atoms with Gasteiger partial charge in [-0.1, -0.05) is 146 Å². The van der Waals surface area contributed by atoms with Gasteiger partial charge in [-0.2, -0.15) is 0 Å². The second kappa shape index (κ2) is 27.9. The van der Waals surface area contributed by atoms with Gasteiger partial charge < -0.3 is 39.0 Å². The number of hydrogen-bond donors (Lipinski definition) is 2. The highest BCUT2D eigenvalue weighted by molar-refractivity contribution is 5.89. The molecule has 0 saturated carbocycles. The number of methoxy groups -OCH3 is 2. The monoisotopic (exact) mass is 918 g/mol. The Labute approximate surface area is 402 Å². The maximum Gasteiger partial charge on any atom is 0.328 e. The molecule has 8 rings (SSSR count). The molecule has 2 N–H and O–H groups in total. The summed E-state index contributed by atoms with van der Waals surface area (Å²) in [7, 11) is 3.45. The Morgan fingerprint density at radius 2 is 0.853 bits per heavy atom. The summed E-state index contributed by atoms with van der Waals surface area (Å²) >= 11 is 0. The fraction of sp³-hybridized carbons (Fsp3) is 0.310. The maximum absolute atomic E-state index is 9.55. The highest BCUT2D eigenvalue weighted by atomic mass is 16.5. The van der Waals surface area contributed by atoms with E-state index in [1.165, 1.54) is 46.2 Å². The van der Waals surface area contributed by atoms with Gasteiger partial charge in [0.25, 0.3) is 0 Å². The number of nitrogens with zero attached hydrogens (tertiary/aromatic N) is 2. The third kappa shape index (κ3) is 17.3. The summed E-state index contributed by atoms with van der Waals surface area (Å²) in [5.41, 5.74) is 7.52. The van der Waals surface area contributed by atoms with E-state index in [-0.39, 0.29) is 24.4 Å². The molecule has 10 heteroatoms. The van der Waals surface area contributed by atoms with E-state index in [2.05, 4.69) is 168 Å². The third-order valence-corrected chi connectivity index (χ3v) is 12.1. The molecule has 0 spiro atoms. The molecule has 0 aliphatic carbocycles. The van der Waals surface area contributed by atoms with E-state index in [4.69, 9.17) is 29.2 Å². The molecule has 2 unspecified atom stereocenters. The molecule has 2 aliphatic heterocycles. The summed E-state index contributed by atoms with van der Waals surface area (Å²) in [5, 5.41) is 15.6. The summed E-state index contributed by atoms with van der Waals surface area (Å²) in [5.74, 6) is -0.651. The lowest BCUT2D eigenvalue weighted by atomic mass is 10.00. The predicted octanol–water partition coefficient (Wildman–Crippen LogP) is 10.7. The number of ether oxygens (including phenoxy) is 4. The van der Waals surface area contributed by atoms with Crippen molar-refractivity contribution < 1.29 is 38.7 Å². The van der Waals surface area contributed by atoms with Crippen LogP contribution in [-0.2, 0) is 31.9 Å². The molecule has 0 radical (unpaired) electrons. The van der Waals surface area contributed by atoms with Crippen LogP contribution < -0.4 is 9.47 Å². The van der Waals surface area contributed by atoms with Gasteiger partial charge in [0.2, 0.25) is 0 Å². The van der Waals surface area contributed by atoms with E-state index in [9.17, 15) is 9.59 Å². The van der Waals surface area contributed by atoms with Crippen molar-refractivity contribution in [2.24, 2.45) is 0 Å². The highest BCUT2D eigenvalue weighted by Gasteiger charge is 2.27. The molecule has 10 nitrogen and oxygen atoms in total. The van der Waals surface area contributed by atoms with Gasteiger partial charge in [0.1, 0.15) is 23.7 Å². The molecule has 356 valence electrons. The van der Waals surface area contributed by atoms with Crippen molar-refractivity contribution in [3.05, 3.63) is 215 Å². The molecular weight excluding hydrogens is 853 g/mol. The largest absolute Gasteiger partial charge is 0.497 e. The quantitative estimate of drug-likeness (QED) is 0.0807. The summed E-state index contributed by atoms with van der Waals surface area (Å²) in [6.45, 7) is 6.36. The minimum Gasteiger partial charge on any atom is -0.497 e. The van der Waals surface area contributed by atoms with Crippen LogP contribution in [-0.4, -0.2) is 97.6 Å². The molecule has 0 aromatic heterocycles. The molecule has 6 aromatic carbocycles. The zero-order valence-electron chi connectivity index (χ0n) is 39.4. The van der Waals surface area contributed by atoms with Gasteiger partial charge >= 0.3 is 11.9 Å². The summed E-state index contributed by atoms with van der Waals surface area (Å²) in [4.78, 5) is 24.2. The molecular formula is C58H66N2O8. The van der Waals surface area contributed by atoms with Gasteiger partial charge in [0.15, 0.2) is 0 Å². The molecule has 0 bridgehead atoms. The number of benzene rings is 6. The number of hydrogen-bond acceptors (Lipinski definition) is 8. The molecule has 68 heavy (non-hydrogen) atoms. The van der Waals surface area contributed by atoms with Crippen LogP contribution in [0.25, 0.3) is 0 Å². The number of rotatable bonds is 18. The second-order valence-corrected chi connectivity index (χ2v) is 17.0. The first-order valence-electron chi connectivity index (χ1n) is 23.6. The van der Waals surface area contributed by atoms with Gasteiger partial charge in [-0.3, -0.25) is 0 Å². The van der Waals surface area contributed by atoms with Crippen LogP contribution in [0.1, 0.15) is 71.3 Å². The molecule has 2 fully saturated rings. The number of piperidine rings is 2. The smallest absolute Gasteiger partial charge is 0.328 e. The predicted molar refractivity (Wildman–Crippen MR) is 268 cm³/mol. The second-order valence-electron chi connectivity index (χ2n) is 17.0. The number of carboxylic acid groups (broad SMARTS) is 2. The van der Waals surface area contributed by atoms with Crippen LogP contribution in [0.4, 0.5) is 0 Å². The zero-order valence-corrected chi connectivity index (χ0v) is 39.4. The van der Waals surface area contributed by atoms with Crippen LogP contribution in [0.2, 0.25) is 0 Å². The minimum atomic E-state index is -1.26. The molecule has 2 saturated heterocycles. The Morgan fingerprint density at radius 3 is 1.16 bits per heavy atom. The Morgan fingerprint density at radius 1 is 0.515 bits per heavy atom. The summed E-state index contributed by atoms with van der Waals surface area (Å²) in [6.07, 6.45) is 8.23. The Balaban J connectivity index is 0.000000193. The normalized spacial score (nSPS) is 16.3. The van der Waals surface area contributed by atoms with E-state index < -0.39 is 11.9 Å². The van der Waals surface area contributed by atoms with Crippen molar-refractivity contribution in [3.8, 4) is 11.5 Å². The Hall–Kier alpha value is -6.56.